The summed E-state index contributed by atoms with van der Waals surface area (Å²) in [5.41, 5.74) is 2.96. The van der Waals surface area contributed by atoms with Gasteiger partial charge in [-0.05, 0) is 68.2 Å². The van der Waals surface area contributed by atoms with E-state index in [9.17, 15) is 9.90 Å². The van der Waals surface area contributed by atoms with Crippen molar-refractivity contribution >= 4 is 22.6 Å². The first-order chi connectivity index (χ1) is 13.5. The number of phenols is 1. The fourth-order valence-corrected chi connectivity index (χ4v) is 4.21. The summed E-state index contributed by atoms with van der Waals surface area (Å²) < 4.78 is 5.77. The number of fused-ring (bicyclic) bond motifs is 1. The van der Waals surface area contributed by atoms with Gasteiger partial charge in [-0.15, -0.1) is 0 Å². The molecule has 3 aromatic rings. The summed E-state index contributed by atoms with van der Waals surface area (Å²) in [7, 11) is 0. The van der Waals surface area contributed by atoms with Crippen molar-refractivity contribution in [3.05, 3.63) is 63.0 Å². The third kappa shape index (κ3) is 3.67. The summed E-state index contributed by atoms with van der Waals surface area (Å²) in [4.78, 5) is 15.2. The monoisotopic (exact) mass is 397 g/mol. The van der Waals surface area contributed by atoms with Crippen molar-refractivity contribution in [2.75, 3.05) is 13.1 Å². The fraction of sp³-hybridized carbons (Fsp3) is 0.348. The van der Waals surface area contributed by atoms with Gasteiger partial charge in [-0.1, -0.05) is 36.6 Å². The molecule has 1 saturated heterocycles. The number of nitrogens with zero attached hydrogens (tertiary/aromatic N) is 1. The quantitative estimate of drug-likeness (QED) is 0.592. The Morgan fingerprint density at radius 3 is 2.39 bits per heavy atom. The van der Waals surface area contributed by atoms with Gasteiger partial charge >= 0.3 is 5.63 Å². The molecule has 0 saturated carbocycles. The predicted octanol–water partition coefficient (Wildman–Crippen LogP) is 5.50. The van der Waals surface area contributed by atoms with E-state index in [4.69, 9.17) is 16.0 Å². The molecule has 1 aliphatic heterocycles. The molecule has 2 heterocycles. The van der Waals surface area contributed by atoms with Gasteiger partial charge in [0.25, 0.3) is 0 Å². The van der Waals surface area contributed by atoms with Gasteiger partial charge in [0.1, 0.15) is 11.3 Å². The summed E-state index contributed by atoms with van der Waals surface area (Å²) in [6.45, 7) is 4.52. The van der Waals surface area contributed by atoms with Crippen LogP contribution in [-0.4, -0.2) is 23.1 Å². The van der Waals surface area contributed by atoms with Crippen LogP contribution in [0.3, 0.4) is 0 Å². The number of rotatable bonds is 3. The maximum absolute atomic E-state index is 12.9. The number of benzene rings is 2. The molecule has 1 aliphatic rings. The van der Waals surface area contributed by atoms with Crippen LogP contribution < -0.4 is 5.63 Å². The van der Waals surface area contributed by atoms with Gasteiger partial charge in [-0.2, -0.15) is 0 Å². The first kappa shape index (κ1) is 19.0. The number of hydrogen-bond acceptors (Lipinski definition) is 4. The lowest BCUT2D eigenvalue weighted by Crippen LogP contribution is -2.24. The molecule has 0 aliphatic carbocycles. The van der Waals surface area contributed by atoms with Crippen LogP contribution in [-0.2, 0) is 6.54 Å². The Bertz CT molecular complexity index is 1050. The maximum Gasteiger partial charge on any atom is 0.344 e. The van der Waals surface area contributed by atoms with Crippen molar-refractivity contribution in [1.82, 2.24) is 4.90 Å². The Hall–Kier alpha value is -2.30. The highest BCUT2D eigenvalue weighted by atomic mass is 35.5. The predicted molar refractivity (Wildman–Crippen MR) is 113 cm³/mol. The summed E-state index contributed by atoms with van der Waals surface area (Å²) in [5, 5.41) is 12.0. The summed E-state index contributed by atoms with van der Waals surface area (Å²) in [5.74, 6) is 0.179. The minimum atomic E-state index is -0.393. The molecule has 0 radical (unpaired) electrons. The Kier molecular flexibility index (Phi) is 5.42. The number of likely N-dealkylation sites (tertiary alicyclic amines) is 1. The summed E-state index contributed by atoms with van der Waals surface area (Å²) in [6, 6.07) is 10.7. The van der Waals surface area contributed by atoms with E-state index in [1.165, 1.54) is 12.8 Å². The SMILES string of the molecule is Cc1c(-c2ccc(Cl)cc2)c(=O)oc2c(CN3CCCCCC3)c(O)ccc12. The summed E-state index contributed by atoms with van der Waals surface area (Å²) >= 11 is 5.98. The maximum atomic E-state index is 12.9. The van der Waals surface area contributed by atoms with Gasteiger partial charge in [0, 0.05) is 17.0 Å². The lowest BCUT2D eigenvalue weighted by Gasteiger charge is -2.21. The molecule has 2 aromatic carbocycles. The molecule has 4 rings (SSSR count). The van der Waals surface area contributed by atoms with E-state index in [0.29, 0.717) is 28.3 Å². The highest BCUT2D eigenvalue weighted by Crippen LogP contribution is 2.33. The van der Waals surface area contributed by atoms with Crippen LogP contribution in [0.15, 0.2) is 45.6 Å². The normalized spacial score (nSPS) is 15.6. The van der Waals surface area contributed by atoms with E-state index in [-0.39, 0.29) is 5.75 Å². The van der Waals surface area contributed by atoms with E-state index < -0.39 is 5.63 Å². The molecule has 0 amide bonds. The van der Waals surface area contributed by atoms with Crippen molar-refractivity contribution < 1.29 is 9.52 Å². The van der Waals surface area contributed by atoms with Crippen LogP contribution >= 0.6 is 11.6 Å². The van der Waals surface area contributed by atoms with Crippen LogP contribution in [0.2, 0.25) is 5.02 Å². The Balaban J connectivity index is 1.83. The van der Waals surface area contributed by atoms with E-state index in [1.807, 2.05) is 25.1 Å². The highest BCUT2D eigenvalue weighted by molar-refractivity contribution is 6.30. The molecule has 5 heteroatoms. The van der Waals surface area contributed by atoms with Gasteiger partial charge in [0.2, 0.25) is 0 Å². The molecule has 1 fully saturated rings. The van der Waals surface area contributed by atoms with Crippen LogP contribution in [0.5, 0.6) is 5.75 Å². The van der Waals surface area contributed by atoms with E-state index in [0.717, 1.165) is 42.4 Å². The molecule has 1 N–H and O–H groups in total. The average molecular weight is 398 g/mol. The molecule has 4 nitrogen and oxygen atoms in total. The zero-order valence-electron chi connectivity index (χ0n) is 16.0. The molecule has 146 valence electrons. The number of halogens is 1. The number of phenolic OH excluding ortho intramolecular Hbond substituents is 1. The van der Waals surface area contributed by atoms with Crippen molar-refractivity contribution in [3.63, 3.8) is 0 Å². The standard InChI is InChI=1S/C23H24ClNO3/c1-15-18-10-11-20(26)19(14-25-12-4-2-3-5-13-25)22(18)28-23(27)21(15)16-6-8-17(24)9-7-16/h6-11,26H,2-5,12-14H2,1H3. The lowest BCUT2D eigenvalue weighted by atomic mass is 9.98. The topological polar surface area (TPSA) is 53.7 Å². The van der Waals surface area contributed by atoms with Gasteiger partial charge in [0.15, 0.2) is 0 Å². The highest BCUT2D eigenvalue weighted by Gasteiger charge is 2.20. The van der Waals surface area contributed by atoms with Crippen molar-refractivity contribution in [3.8, 4) is 16.9 Å². The molecule has 28 heavy (non-hydrogen) atoms. The Labute approximate surface area is 169 Å². The second-order valence-electron chi connectivity index (χ2n) is 7.53. The average Bonchev–Trinajstić information content (AvgIpc) is 2.94. The van der Waals surface area contributed by atoms with Crippen LogP contribution in [0.1, 0.15) is 36.8 Å². The molecule has 1 aromatic heterocycles. The van der Waals surface area contributed by atoms with E-state index >= 15 is 0 Å². The molecule has 0 unspecified atom stereocenters. The second kappa shape index (κ2) is 7.98. The van der Waals surface area contributed by atoms with Crippen LogP contribution in [0, 0.1) is 6.92 Å². The zero-order valence-corrected chi connectivity index (χ0v) is 16.8. The van der Waals surface area contributed by atoms with Gasteiger partial charge < -0.3 is 9.52 Å². The van der Waals surface area contributed by atoms with Gasteiger partial charge in [-0.3, -0.25) is 4.90 Å². The molecule has 0 atom stereocenters. The number of hydrogen-bond donors (Lipinski definition) is 1. The first-order valence-corrected chi connectivity index (χ1v) is 10.2. The van der Waals surface area contributed by atoms with Crippen molar-refractivity contribution in [1.29, 1.82) is 0 Å². The molecular weight excluding hydrogens is 374 g/mol. The van der Waals surface area contributed by atoms with E-state index in [1.54, 1.807) is 18.2 Å². The lowest BCUT2D eigenvalue weighted by molar-refractivity contribution is 0.272. The second-order valence-corrected chi connectivity index (χ2v) is 7.96. The van der Waals surface area contributed by atoms with Gasteiger partial charge in [0.05, 0.1) is 11.1 Å². The smallest absolute Gasteiger partial charge is 0.344 e. The first-order valence-electron chi connectivity index (χ1n) is 9.81. The minimum absolute atomic E-state index is 0.179. The Morgan fingerprint density at radius 1 is 1.04 bits per heavy atom. The number of aromatic hydroxyl groups is 1. The molecule has 0 spiro atoms. The minimum Gasteiger partial charge on any atom is -0.507 e. The largest absolute Gasteiger partial charge is 0.507 e. The zero-order chi connectivity index (χ0) is 19.7. The molecule has 0 bridgehead atoms. The number of aryl methyl sites for hydroxylation is 1. The fourth-order valence-electron chi connectivity index (χ4n) is 4.08. The van der Waals surface area contributed by atoms with Crippen LogP contribution in [0.25, 0.3) is 22.1 Å². The third-order valence-corrected chi connectivity index (χ3v) is 5.88. The van der Waals surface area contributed by atoms with Gasteiger partial charge in [-0.25, -0.2) is 4.79 Å². The van der Waals surface area contributed by atoms with Crippen LogP contribution in [0.4, 0.5) is 0 Å². The van der Waals surface area contributed by atoms with Crippen molar-refractivity contribution in [2.24, 2.45) is 0 Å². The Morgan fingerprint density at radius 2 is 1.71 bits per heavy atom. The summed E-state index contributed by atoms with van der Waals surface area (Å²) in [6.07, 6.45) is 4.82. The van der Waals surface area contributed by atoms with Crippen molar-refractivity contribution in [2.45, 2.75) is 39.2 Å². The third-order valence-electron chi connectivity index (χ3n) is 5.63. The molecular formula is C23H24ClNO3. The van der Waals surface area contributed by atoms with E-state index in [2.05, 4.69) is 4.90 Å².